The lowest BCUT2D eigenvalue weighted by Crippen LogP contribution is -1.90. The maximum atomic E-state index is 13.4. The van der Waals surface area contributed by atoms with E-state index in [4.69, 9.17) is 10.3 Å². The van der Waals surface area contributed by atoms with Crippen LogP contribution in [0.4, 0.5) is 10.1 Å². The summed E-state index contributed by atoms with van der Waals surface area (Å²) in [5, 5.41) is 13.2. The molecule has 2 aromatic carbocycles. The molecule has 0 radical (unpaired) electrons. The zero-order valence-electron chi connectivity index (χ0n) is 10.2. The number of hydrogen-bond acceptors (Lipinski definition) is 5. The summed E-state index contributed by atoms with van der Waals surface area (Å²) in [4.78, 5) is 4.17. The summed E-state index contributed by atoms with van der Waals surface area (Å²) in [5.74, 6) is 0.0577. The Morgan fingerprint density at radius 1 is 1.10 bits per heavy atom. The molecule has 3 N–H and O–H groups in total. The van der Waals surface area contributed by atoms with Crippen molar-refractivity contribution in [2.45, 2.75) is 0 Å². The third-order valence-corrected chi connectivity index (χ3v) is 2.78. The second-order valence-corrected chi connectivity index (χ2v) is 4.21. The maximum Gasteiger partial charge on any atom is 0.258 e. The zero-order valence-corrected chi connectivity index (χ0v) is 10.2. The van der Waals surface area contributed by atoms with Crippen LogP contribution in [-0.2, 0) is 0 Å². The molecular formula is C14H10FN3O2. The van der Waals surface area contributed by atoms with Gasteiger partial charge in [-0.1, -0.05) is 17.3 Å². The summed E-state index contributed by atoms with van der Waals surface area (Å²) >= 11 is 0. The second kappa shape index (κ2) is 4.65. The van der Waals surface area contributed by atoms with Gasteiger partial charge in [0.05, 0.1) is 5.69 Å². The van der Waals surface area contributed by atoms with Crippen molar-refractivity contribution in [1.29, 1.82) is 0 Å². The number of phenols is 1. The minimum atomic E-state index is -0.542. The smallest absolute Gasteiger partial charge is 0.258 e. The predicted molar refractivity (Wildman–Crippen MR) is 71.2 cm³/mol. The second-order valence-electron chi connectivity index (χ2n) is 4.21. The Balaban J connectivity index is 1.99. The van der Waals surface area contributed by atoms with Gasteiger partial charge >= 0.3 is 0 Å². The lowest BCUT2D eigenvalue weighted by molar-refractivity contribution is 0.432. The molecule has 0 spiro atoms. The van der Waals surface area contributed by atoms with Gasteiger partial charge in [0.25, 0.3) is 5.89 Å². The first kappa shape index (κ1) is 12.2. The number of hydrogen-bond donors (Lipinski definition) is 2. The van der Waals surface area contributed by atoms with Crippen molar-refractivity contribution in [1.82, 2.24) is 10.1 Å². The van der Waals surface area contributed by atoms with Crippen LogP contribution >= 0.6 is 0 Å². The van der Waals surface area contributed by atoms with Crippen LogP contribution in [-0.4, -0.2) is 15.2 Å². The molecule has 1 aromatic heterocycles. The van der Waals surface area contributed by atoms with Crippen molar-refractivity contribution in [3.8, 4) is 28.6 Å². The molecule has 100 valence electrons. The number of phenolic OH excluding ortho intramolecular Hbond substituents is 1. The molecule has 1 heterocycles. The number of anilines is 1. The minimum Gasteiger partial charge on any atom is -0.508 e. The highest BCUT2D eigenvalue weighted by Crippen LogP contribution is 2.25. The molecule has 0 saturated heterocycles. The van der Waals surface area contributed by atoms with E-state index in [0.29, 0.717) is 17.0 Å². The number of nitrogen functional groups attached to an aromatic ring is 1. The molecule has 0 bridgehead atoms. The van der Waals surface area contributed by atoms with Crippen molar-refractivity contribution in [2.75, 3.05) is 5.73 Å². The summed E-state index contributed by atoms with van der Waals surface area (Å²) in [6.45, 7) is 0. The molecule has 0 fully saturated rings. The van der Waals surface area contributed by atoms with Gasteiger partial charge in [0.1, 0.15) is 11.6 Å². The van der Waals surface area contributed by atoms with Crippen molar-refractivity contribution in [2.24, 2.45) is 0 Å². The Kier molecular flexibility index (Phi) is 2.83. The number of rotatable bonds is 2. The lowest BCUT2D eigenvalue weighted by atomic mass is 10.2. The molecule has 0 aliphatic rings. The van der Waals surface area contributed by atoms with Crippen LogP contribution in [0.1, 0.15) is 0 Å². The van der Waals surface area contributed by atoms with E-state index >= 15 is 0 Å². The Bertz CT molecular complexity index is 771. The average Bonchev–Trinajstić information content (AvgIpc) is 2.92. The zero-order chi connectivity index (χ0) is 14.1. The lowest BCUT2D eigenvalue weighted by Gasteiger charge is -1.97. The highest BCUT2D eigenvalue weighted by Gasteiger charge is 2.12. The standard InChI is InChI=1S/C14H10FN3O2/c15-11-7-9(4-5-12(11)16)14-17-13(18-20-14)8-2-1-3-10(19)6-8/h1-7,19H,16H2. The normalized spacial score (nSPS) is 10.7. The average molecular weight is 271 g/mol. The molecule has 20 heavy (non-hydrogen) atoms. The van der Waals surface area contributed by atoms with Crippen LogP contribution in [0.2, 0.25) is 0 Å². The fourth-order valence-electron chi connectivity index (χ4n) is 1.76. The first-order chi connectivity index (χ1) is 9.63. The third kappa shape index (κ3) is 2.18. The molecular weight excluding hydrogens is 261 g/mol. The Labute approximate surface area is 113 Å². The molecule has 6 heteroatoms. The maximum absolute atomic E-state index is 13.4. The molecule has 3 aromatic rings. The van der Waals surface area contributed by atoms with Gasteiger partial charge in [0, 0.05) is 11.1 Å². The number of benzene rings is 2. The van der Waals surface area contributed by atoms with Gasteiger partial charge in [-0.05, 0) is 30.3 Å². The van der Waals surface area contributed by atoms with Gasteiger partial charge in [-0.25, -0.2) is 4.39 Å². The molecule has 0 atom stereocenters. The van der Waals surface area contributed by atoms with Crippen molar-refractivity contribution in [3.05, 3.63) is 48.3 Å². The monoisotopic (exact) mass is 271 g/mol. The van der Waals surface area contributed by atoms with Crippen LogP contribution in [0.15, 0.2) is 47.0 Å². The Morgan fingerprint density at radius 2 is 1.95 bits per heavy atom. The molecule has 0 amide bonds. The van der Waals surface area contributed by atoms with Gasteiger partial charge in [-0.15, -0.1) is 0 Å². The predicted octanol–water partition coefficient (Wildman–Crippen LogP) is 2.83. The molecule has 5 nitrogen and oxygen atoms in total. The highest BCUT2D eigenvalue weighted by molar-refractivity contribution is 5.62. The first-order valence-corrected chi connectivity index (χ1v) is 5.82. The minimum absolute atomic E-state index is 0.0569. The van der Waals surface area contributed by atoms with Crippen molar-refractivity contribution in [3.63, 3.8) is 0 Å². The number of aromatic nitrogens is 2. The van der Waals surface area contributed by atoms with E-state index in [1.807, 2.05) is 0 Å². The largest absolute Gasteiger partial charge is 0.508 e. The quantitative estimate of drug-likeness (QED) is 0.700. The fraction of sp³-hybridized carbons (Fsp3) is 0. The van der Waals surface area contributed by atoms with Gasteiger partial charge in [0.15, 0.2) is 0 Å². The van der Waals surface area contributed by atoms with Gasteiger partial charge < -0.3 is 15.4 Å². The molecule has 0 saturated carbocycles. The van der Waals surface area contributed by atoms with E-state index < -0.39 is 5.82 Å². The fourth-order valence-corrected chi connectivity index (χ4v) is 1.76. The van der Waals surface area contributed by atoms with Gasteiger partial charge in [-0.3, -0.25) is 0 Å². The number of halogens is 1. The number of nitrogens with zero attached hydrogens (tertiary/aromatic N) is 2. The van der Waals surface area contributed by atoms with Gasteiger partial charge in [-0.2, -0.15) is 4.98 Å². The summed E-state index contributed by atoms with van der Waals surface area (Å²) in [5.41, 5.74) is 6.51. The summed E-state index contributed by atoms with van der Waals surface area (Å²) in [6, 6.07) is 10.7. The van der Waals surface area contributed by atoms with Crippen LogP contribution in [0, 0.1) is 5.82 Å². The summed E-state index contributed by atoms with van der Waals surface area (Å²) in [7, 11) is 0. The highest BCUT2D eigenvalue weighted by atomic mass is 19.1. The SMILES string of the molecule is Nc1ccc(-c2nc(-c3cccc(O)c3)no2)cc1F. The van der Waals surface area contributed by atoms with Crippen LogP contribution in [0.25, 0.3) is 22.8 Å². The third-order valence-electron chi connectivity index (χ3n) is 2.78. The summed E-state index contributed by atoms with van der Waals surface area (Å²) < 4.78 is 18.5. The first-order valence-electron chi connectivity index (χ1n) is 5.82. The van der Waals surface area contributed by atoms with E-state index in [1.54, 1.807) is 24.3 Å². The van der Waals surface area contributed by atoms with Gasteiger partial charge in [0.2, 0.25) is 5.82 Å². The number of nitrogens with two attached hydrogens (primary N) is 1. The molecule has 0 aliphatic heterocycles. The van der Waals surface area contributed by atoms with E-state index in [2.05, 4.69) is 10.1 Å². The van der Waals surface area contributed by atoms with E-state index in [9.17, 15) is 9.50 Å². The van der Waals surface area contributed by atoms with Crippen molar-refractivity contribution >= 4 is 5.69 Å². The Morgan fingerprint density at radius 3 is 2.70 bits per heavy atom. The molecule has 0 aliphatic carbocycles. The number of aromatic hydroxyl groups is 1. The molecule has 3 rings (SSSR count). The Hall–Kier alpha value is -2.89. The summed E-state index contributed by atoms with van der Waals surface area (Å²) in [6.07, 6.45) is 0. The van der Waals surface area contributed by atoms with Crippen LogP contribution in [0.3, 0.4) is 0 Å². The molecule has 0 unspecified atom stereocenters. The van der Waals surface area contributed by atoms with E-state index in [-0.39, 0.29) is 17.3 Å². The van der Waals surface area contributed by atoms with Crippen LogP contribution < -0.4 is 5.73 Å². The topological polar surface area (TPSA) is 85.2 Å². The van der Waals surface area contributed by atoms with E-state index in [1.165, 1.54) is 18.2 Å². The van der Waals surface area contributed by atoms with Crippen LogP contribution in [0.5, 0.6) is 5.75 Å². The van der Waals surface area contributed by atoms with Crippen molar-refractivity contribution < 1.29 is 14.0 Å². The van der Waals surface area contributed by atoms with E-state index in [0.717, 1.165) is 0 Å².